The lowest BCUT2D eigenvalue weighted by Gasteiger charge is -2.40. The molecule has 10 heteroatoms. The average molecular weight is 440 g/mol. The third kappa shape index (κ3) is 4.33. The Kier molecular flexibility index (Phi) is 6.04. The standard InChI is InChI=1S/C20H27F2N5O2S/c1-11-8-17-24-15(9-16(19(21)22)27(17)25-11)14-4-6-26(7-5-14)18(28)10-30-20-23-12(2)13(3)29-20/h8,14-16,19,24H,4-7,9-10H2,1-3H3/t15-,16+/m0/s1. The molecular formula is C20H27F2N5O2S. The van der Waals surface area contributed by atoms with Crippen LogP contribution in [0.15, 0.2) is 15.7 Å². The van der Waals surface area contributed by atoms with Crippen molar-refractivity contribution in [2.45, 2.75) is 63.8 Å². The first-order chi connectivity index (χ1) is 14.3. The number of hydrogen-bond donors (Lipinski definition) is 1. The lowest BCUT2D eigenvalue weighted by Crippen LogP contribution is -2.46. The number of fused-ring (bicyclic) bond motifs is 1. The highest BCUT2D eigenvalue weighted by molar-refractivity contribution is 7.99. The Morgan fingerprint density at radius 3 is 2.70 bits per heavy atom. The van der Waals surface area contributed by atoms with Crippen molar-refractivity contribution in [3.8, 4) is 0 Å². The summed E-state index contributed by atoms with van der Waals surface area (Å²) in [5.74, 6) is 2.04. The van der Waals surface area contributed by atoms with E-state index < -0.39 is 12.5 Å². The maximum absolute atomic E-state index is 13.6. The number of hydrogen-bond acceptors (Lipinski definition) is 6. The Morgan fingerprint density at radius 1 is 1.33 bits per heavy atom. The fraction of sp³-hybridized carbons (Fsp3) is 0.650. The number of carbonyl (C=O) groups excluding carboxylic acids is 1. The van der Waals surface area contributed by atoms with E-state index in [0.29, 0.717) is 30.6 Å². The highest BCUT2D eigenvalue weighted by Crippen LogP contribution is 2.37. The molecule has 0 spiro atoms. The molecule has 30 heavy (non-hydrogen) atoms. The predicted octanol–water partition coefficient (Wildman–Crippen LogP) is 3.82. The molecule has 2 aromatic rings. The van der Waals surface area contributed by atoms with E-state index in [1.54, 1.807) is 0 Å². The lowest BCUT2D eigenvalue weighted by atomic mass is 9.85. The summed E-state index contributed by atoms with van der Waals surface area (Å²) in [6.07, 6.45) is -0.500. The second-order valence-corrected chi connectivity index (χ2v) is 9.06. The number of nitrogens with one attached hydrogen (secondary N) is 1. The Morgan fingerprint density at radius 2 is 2.07 bits per heavy atom. The third-order valence-corrected chi connectivity index (χ3v) is 6.89. The Hall–Kier alpha value is -2.10. The zero-order valence-corrected chi connectivity index (χ0v) is 18.2. The van der Waals surface area contributed by atoms with Gasteiger partial charge in [-0.05, 0) is 46.0 Å². The topological polar surface area (TPSA) is 76.2 Å². The van der Waals surface area contributed by atoms with E-state index >= 15 is 0 Å². The van der Waals surface area contributed by atoms with Gasteiger partial charge in [0.05, 0.1) is 17.1 Å². The number of halogens is 2. The summed E-state index contributed by atoms with van der Waals surface area (Å²) in [5, 5.41) is 8.15. The number of anilines is 1. The van der Waals surface area contributed by atoms with Crippen molar-refractivity contribution in [3.63, 3.8) is 0 Å². The number of oxazole rings is 1. The zero-order chi connectivity index (χ0) is 21.4. The number of aryl methyl sites for hydroxylation is 3. The van der Waals surface area contributed by atoms with Crippen LogP contribution in [0.5, 0.6) is 0 Å². The van der Waals surface area contributed by atoms with E-state index in [2.05, 4.69) is 15.4 Å². The van der Waals surface area contributed by atoms with Crippen LogP contribution in [-0.4, -0.2) is 56.9 Å². The Balaban J connectivity index is 1.31. The molecule has 2 atom stereocenters. The van der Waals surface area contributed by atoms with Crippen LogP contribution in [0.2, 0.25) is 0 Å². The molecule has 1 N–H and O–H groups in total. The number of carbonyl (C=O) groups is 1. The monoisotopic (exact) mass is 439 g/mol. The van der Waals surface area contributed by atoms with Crippen molar-refractivity contribution in [2.75, 3.05) is 24.2 Å². The van der Waals surface area contributed by atoms with Gasteiger partial charge in [0.15, 0.2) is 0 Å². The zero-order valence-electron chi connectivity index (χ0n) is 17.4. The fourth-order valence-electron chi connectivity index (χ4n) is 4.28. The highest BCUT2D eigenvalue weighted by Gasteiger charge is 2.38. The first-order valence-electron chi connectivity index (χ1n) is 10.3. The summed E-state index contributed by atoms with van der Waals surface area (Å²) in [7, 11) is 0. The third-order valence-electron chi connectivity index (χ3n) is 6.08. The van der Waals surface area contributed by atoms with Crippen molar-refractivity contribution in [1.29, 1.82) is 0 Å². The molecule has 4 rings (SSSR count). The van der Waals surface area contributed by atoms with Gasteiger partial charge in [0, 0.05) is 25.2 Å². The van der Waals surface area contributed by atoms with E-state index in [1.165, 1.54) is 16.4 Å². The van der Waals surface area contributed by atoms with Gasteiger partial charge < -0.3 is 14.6 Å². The number of alkyl halides is 2. The largest absolute Gasteiger partial charge is 0.437 e. The molecule has 1 fully saturated rings. The summed E-state index contributed by atoms with van der Waals surface area (Å²) < 4.78 is 34.2. The molecule has 0 aromatic carbocycles. The molecular weight excluding hydrogens is 412 g/mol. The SMILES string of the molecule is Cc1cc2n(n1)[C@@H](C(F)F)C[C@@H](C1CCN(C(=O)CSc3nc(C)c(C)o3)CC1)N2. The summed E-state index contributed by atoms with van der Waals surface area (Å²) >= 11 is 1.31. The van der Waals surface area contributed by atoms with Gasteiger partial charge in [0.25, 0.3) is 11.6 Å². The normalized spacial score (nSPS) is 22.3. The van der Waals surface area contributed by atoms with Crippen molar-refractivity contribution in [3.05, 3.63) is 23.2 Å². The van der Waals surface area contributed by atoms with Crippen LogP contribution >= 0.6 is 11.8 Å². The molecule has 7 nitrogen and oxygen atoms in total. The first kappa shape index (κ1) is 21.1. The smallest absolute Gasteiger partial charge is 0.260 e. The van der Waals surface area contributed by atoms with E-state index in [1.807, 2.05) is 31.7 Å². The molecule has 164 valence electrons. The molecule has 0 unspecified atom stereocenters. The molecule has 0 aliphatic carbocycles. The summed E-state index contributed by atoms with van der Waals surface area (Å²) in [6.45, 7) is 6.83. The maximum atomic E-state index is 13.6. The molecule has 4 heterocycles. The minimum atomic E-state index is -2.45. The van der Waals surface area contributed by atoms with Gasteiger partial charge in [-0.1, -0.05) is 11.8 Å². The summed E-state index contributed by atoms with van der Waals surface area (Å²) in [4.78, 5) is 18.7. The number of aromatic nitrogens is 3. The number of rotatable bonds is 5. The van der Waals surface area contributed by atoms with Gasteiger partial charge in [-0.2, -0.15) is 5.10 Å². The van der Waals surface area contributed by atoms with Crippen molar-refractivity contribution < 1.29 is 18.0 Å². The van der Waals surface area contributed by atoms with Crippen LogP contribution in [-0.2, 0) is 4.79 Å². The number of piperidine rings is 1. The molecule has 1 saturated heterocycles. The van der Waals surface area contributed by atoms with Crippen molar-refractivity contribution in [2.24, 2.45) is 5.92 Å². The molecule has 2 aliphatic heterocycles. The van der Waals surface area contributed by atoms with Crippen LogP contribution < -0.4 is 5.32 Å². The van der Waals surface area contributed by atoms with Gasteiger partial charge in [-0.15, -0.1) is 0 Å². The van der Waals surface area contributed by atoms with Crippen LogP contribution in [0.3, 0.4) is 0 Å². The second kappa shape index (κ2) is 8.56. The minimum Gasteiger partial charge on any atom is -0.437 e. The molecule has 0 saturated carbocycles. The van der Waals surface area contributed by atoms with Gasteiger partial charge in [0.2, 0.25) is 5.91 Å². The van der Waals surface area contributed by atoms with Gasteiger partial charge in [-0.3, -0.25) is 4.79 Å². The van der Waals surface area contributed by atoms with Gasteiger partial charge in [-0.25, -0.2) is 18.4 Å². The lowest BCUT2D eigenvalue weighted by molar-refractivity contribution is -0.129. The van der Waals surface area contributed by atoms with E-state index in [-0.39, 0.29) is 23.6 Å². The predicted molar refractivity (Wildman–Crippen MR) is 110 cm³/mol. The van der Waals surface area contributed by atoms with E-state index in [0.717, 1.165) is 30.0 Å². The Bertz CT molecular complexity index is 888. The number of thioether (sulfide) groups is 1. The van der Waals surface area contributed by atoms with Crippen LogP contribution in [0, 0.1) is 26.7 Å². The Labute approximate surface area is 178 Å². The minimum absolute atomic E-state index is 0.0301. The maximum Gasteiger partial charge on any atom is 0.260 e. The molecule has 1 amide bonds. The second-order valence-electron chi connectivity index (χ2n) is 8.13. The fourth-order valence-corrected chi connectivity index (χ4v) is 5.09. The molecule has 0 radical (unpaired) electrons. The number of likely N-dealkylation sites (tertiary alicyclic amines) is 1. The van der Waals surface area contributed by atoms with Crippen molar-refractivity contribution >= 4 is 23.5 Å². The average Bonchev–Trinajstić information content (AvgIpc) is 3.25. The van der Waals surface area contributed by atoms with Crippen LogP contribution in [0.1, 0.15) is 42.5 Å². The number of amides is 1. The van der Waals surface area contributed by atoms with Crippen molar-refractivity contribution in [1.82, 2.24) is 19.7 Å². The van der Waals surface area contributed by atoms with Crippen LogP contribution in [0.4, 0.5) is 14.6 Å². The summed E-state index contributed by atoms with van der Waals surface area (Å²) in [5.41, 5.74) is 1.57. The quantitative estimate of drug-likeness (QED) is 0.714. The van der Waals surface area contributed by atoms with E-state index in [9.17, 15) is 13.6 Å². The summed E-state index contributed by atoms with van der Waals surface area (Å²) in [6, 6.07) is 0.894. The van der Waals surface area contributed by atoms with E-state index in [4.69, 9.17) is 4.42 Å². The highest BCUT2D eigenvalue weighted by atomic mass is 32.2. The van der Waals surface area contributed by atoms with Gasteiger partial charge in [0.1, 0.15) is 17.6 Å². The van der Waals surface area contributed by atoms with Gasteiger partial charge >= 0.3 is 0 Å². The van der Waals surface area contributed by atoms with Crippen LogP contribution in [0.25, 0.3) is 0 Å². The molecule has 0 bridgehead atoms. The molecule has 2 aliphatic rings. The first-order valence-corrected chi connectivity index (χ1v) is 11.3. The molecule has 2 aromatic heterocycles. The number of nitrogens with zero attached hydrogens (tertiary/aromatic N) is 4.